The molecule has 16 heavy (non-hydrogen) atoms. The van der Waals surface area contributed by atoms with E-state index in [-0.39, 0.29) is 9.92 Å². The lowest BCUT2D eigenvalue weighted by Gasteiger charge is -2.20. The minimum Gasteiger partial charge on any atom is -0.207 e. The van der Waals surface area contributed by atoms with Crippen molar-refractivity contribution in [2.24, 2.45) is 0 Å². The molecule has 0 atom stereocenters. The molecule has 90 valence electrons. The summed E-state index contributed by atoms with van der Waals surface area (Å²) in [4.78, 5) is -0.246. The van der Waals surface area contributed by atoms with Crippen LogP contribution in [0.2, 0.25) is 5.02 Å². The predicted molar refractivity (Wildman–Crippen MR) is 61.5 cm³/mol. The fourth-order valence-electron chi connectivity index (χ4n) is 1.14. The van der Waals surface area contributed by atoms with E-state index in [0.29, 0.717) is 0 Å². The maximum absolute atomic E-state index is 13.0. The van der Waals surface area contributed by atoms with Crippen LogP contribution in [0.4, 0.5) is 4.39 Å². The summed E-state index contributed by atoms with van der Waals surface area (Å²) in [6, 6.07) is 3.23. The Kier molecular flexibility index (Phi) is 3.62. The van der Waals surface area contributed by atoms with E-state index in [1.807, 2.05) is 0 Å². The zero-order chi connectivity index (χ0) is 12.6. The van der Waals surface area contributed by atoms with Crippen LogP contribution in [0.3, 0.4) is 0 Å². The van der Waals surface area contributed by atoms with Crippen LogP contribution in [0.25, 0.3) is 0 Å². The Hall–Kier alpha value is -0.650. The van der Waals surface area contributed by atoms with Gasteiger partial charge in [-0.1, -0.05) is 11.6 Å². The highest BCUT2D eigenvalue weighted by molar-refractivity contribution is 7.89. The van der Waals surface area contributed by atoms with E-state index >= 15 is 0 Å². The van der Waals surface area contributed by atoms with E-state index in [4.69, 9.17) is 11.6 Å². The molecular weight excluding hydrogens is 253 g/mol. The number of nitrogens with one attached hydrogen (secondary N) is 1. The first-order chi connectivity index (χ1) is 7.12. The number of halogens is 2. The van der Waals surface area contributed by atoms with Crippen molar-refractivity contribution in [3.05, 3.63) is 29.0 Å². The van der Waals surface area contributed by atoms with Gasteiger partial charge >= 0.3 is 0 Å². The smallest absolute Gasteiger partial charge is 0.207 e. The lowest BCUT2D eigenvalue weighted by Crippen LogP contribution is -2.40. The molecule has 0 amide bonds. The standard InChI is InChI=1S/C10H13ClFNO2S/c1-10(2,3)13-16(14,15)9-6-7(12)4-5-8(9)11/h4-6,13H,1-3H3. The van der Waals surface area contributed by atoms with Gasteiger partial charge in [0.1, 0.15) is 10.7 Å². The molecule has 0 bridgehead atoms. The zero-order valence-corrected chi connectivity index (χ0v) is 10.8. The summed E-state index contributed by atoms with van der Waals surface area (Å²) in [7, 11) is -3.79. The SMILES string of the molecule is CC(C)(C)NS(=O)(=O)c1cc(F)ccc1Cl. The van der Waals surface area contributed by atoms with Crippen molar-refractivity contribution in [2.45, 2.75) is 31.2 Å². The molecule has 0 aliphatic heterocycles. The van der Waals surface area contributed by atoms with Gasteiger partial charge in [0.05, 0.1) is 5.02 Å². The number of benzene rings is 1. The van der Waals surface area contributed by atoms with E-state index in [1.54, 1.807) is 20.8 Å². The quantitative estimate of drug-likeness (QED) is 0.893. The van der Waals surface area contributed by atoms with Gasteiger partial charge in [-0.25, -0.2) is 17.5 Å². The monoisotopic (exact) mass is 265 g/mol. The molecule has 1 N–H and O–H groups in total. The Labute approximate surface area is 99.7 Å². The molecule has 0 aliphatic carbocycles. The van der Waals surface area contributed by atoms with Gasteiger partial charge in [-0.2, -0.15) is 0 Å². The minimum atomic E-state index is -3.79. The molecule has 0 fully saturated rings. The molecule has 0 heterocycles. The van der Waals surface area contributed by atoms with Crippen LogP contribution in [0.1, 0.15) is 20.8 Å². The topological polar surface area (TPSA) is 46.2 Å². The van der Waals surface area contributed by atoms with Gasteiger partial charge in [0.2, 0.25) is 10.0 Å². The molecular formula is C10H13ClFNO2S. The molecule has 0 spiro atoms. The van der Waals surface area contributed by atoms with Crippen molar-refractivity contribution in [1.29, 1.82) is 0 Å². The summed E-state index contributed by atoms with van der Waals surface area (Å²) < 4.78 is 39.1. The van der Waals surface area contributed by atoms with Gasteiger partial charge in [-0.3, -0.25) is 0 Å². The van der Waals surface area contributed by atoms with Crippen LogP contribution in [0.5, 0.6) is 0 Å². The first-order valence-corrected chi connectivity index (χ1v) is 6.47. The average Bonchev–Trinajstić information content (AvgIpc) is 2.04. The van der Waals surface area contributed by atoms with E-state index in [9.17, 15) is 12.8 Å². The molecule has 0 saturated carbocycles. The Morgan fingerprint density at radius 3 is 2.38 bits per heavy atom. The average molecular weight is 266 g/mol. The fourth-order valence-corrected chi connectivity index (χ4v) is 3.07. The van der Waals surface area contributed by atoms with Crippen molar-refractivity contribution in [1.82, 2.24) is 4.72 Å². The third-order valence-corrected chi connectivity index (χ3v) is 3.86. The van der Waals surface area contributed by atoms with E-state index in [0.717, 1.165) is 12.1 Å². The highest BCUT2D eigenvalue weighted by Gasteiger charge is 2.24. The lowest BCUT2D eigenvalue weighted by atomic mass is 10.1. The predicted octanol–water partition coefficient (Wildman–Crippen LogP) is 2.56. The highest BCUT2D eigenvalue weighted by Crippen LogP contribution is 2.23. The van der Waals surface area contributed by atoms with Gasteiger partial charge in [0.15, 0.2) is 0 Å². The zero-order valence-electron chi connectivity index (χ0n) is 9.21. The van der Waals surface area contributed by atoms with Gasteiger partial charge in [0, 0.05) is 5.54 Å². The molecule has 0 unspecified atom stereocenters. The molecule has 1 rings (SSSR count). The summed E-state index contributed by atoms with van der Waals surface area (Å²) in [5.41, 5.74) is -0.644. The maximum atomic E-state index is 13.0. The van der Waals surface area contributed by atoms with E-state index < -0.39 is 21.4 Å². The summed E-state index contributed by atoms with van der Waals surface area (Å²) in [5, 5.41) is -0.00171. The molecule has 1 aromatic rings. The maximum Gasteiger partial charge on any atom is 0.242 e. The second-order valence-electron chi connectivity index (χ2n) is 4.43. The van der Waals surface area contributed by atoms with Crippen LogP contribution < -0.4 is 4.72 Å². The Morgan fingerprint density at radius 1 is 1.31 bits per heavy atom. The van der Waals surface area contributed by atoms with Crippen LogP contribution in [-0.2, 0) is 10.0 Å². The second-order valence-corrected chi connectivity index (χ2v) is 6.49. The lowest BCUT2D eigenvalue weighted by molar-refractivity contribution is 0.491. The largest absolute Gasteiger partial charge is 0.242 e. The number of hydrogen-bond donors (Lipinski definition) is 1. The highest BCUT2D eigenvalue weighted by atomic mass is 35.5. The second kappa shape index (κ2) is 4.31. The number of hydrogen-bond acceptors (Lipinski definition) is 2. The van der Waals surface area contributed by atoms with Gasteiger partial charge in [0.25, 0.3) is 0 Å². The summed E-state index contributed by atoms with van der Waals surface area (Å²) in [6.45, 7) is 5.08. The summed E-state index contributed by atoms with van der Waals surface area (Å²) in [5.74, 6) is -0.640. The van der Waals surface area contributed by atoms with Crippen molar-refractivity contribution >= 4 is 21.6 Å². The molecule has 6 heteroatoms. The normalized spacial score (nSPS) is 12.8. The summed E-state index contributed by atoms with van der Waals surface area (Å²) >= 11 is 5.72. The summed E-state index contributed by atoms with van der Waals surface area (Å²) in [6.07, 6.45) is 0. The third-order valence-electron chi connectivity index (χ3n) is 1.62. The van der Waals surface area contributed by atoms with Crippen LogP contribution in [0, 0.1) is 5.82 Å². The van der Waals surface area contributed by atoms with Crippen LogP contribution >= 0.6 is 11.6 Å². The van der Waals surface area contributed by atoms with Crippen molar-refractivity contribution in [2.75, 3.05) is 0 Å². The molecule has 1 aromatic carbocycles. The van der Waals surface area contributed by atoms with Crippen LogP contribution in [0.15, 0.2) is 23.1 Å². The van der Waals surface area contributed by atoms with E-state index in [1.165, 1.54) is 6.07 Å². The molecule has 0 aliphatic rings. The first-order valence-electron chi connectivity index (χ1n) is 4.61. The fraction of sp³-hybridized carbons (Fsp3) is 0.400. The van der Waals surface area contributed by atoms with Crippen molar-refractivity contribution in [3.8, 4) is 0 Å². The Morgan fingerprint density at radius 2 is 1.88 bits per heavy atom. The van der Waals surface area contributed by atoms with Gasteiger partial charge < -0.3 is 0 Å². The number of rotatable bonds is 2. The minimum absolute atomic E-state index is 0.00171. The van der Waals surface area contributed by atoms with Crippen LogP contribution in [-0.4, -0.2) is 14.0 Å². The van der Waals surface area contributed by atoms with Crippen molar-refractivity contribution in [3.63, 3.8) is 0 Å². The third kappa shape index (κ3) is 3.43. The Bertz CT molecular complexity index is 494. The molecule has 0 radical (unpaired) electrons. The number of sulfonamides is 1. The molecule has 0 aromatic heterocycles. The van der Waals surface area contributed by atoms with E-state index in [2.05, 4.69) is 4.72 Å². The molecule has 3 nitrogen and oxygen atoms in total. The molecule has 0 saturated heterocycles. The van der Waals surface area contributed by atoms with Gasteiger partial charge in [-0.15, -0.1) is 0 Å². The van der Waals surface area contributed by atoms with Gasteiger partial charge in [-0.05, 0) is 39.0 Å². The Balaban J connectivity index is 3.22. The van der Waals surface area contributed by atoms with Crippen molar-refractivity contribution < 1.29 is 12.8 Å². The first kappa shape index (κ1) is 13.4.